The lowest BCUT2D eigenvalue weighted by Gasteiger charge is -2.35. The minimum absolute atomic E-state index is 0.0669. The number of benzene rings is 3. The SMILES string of the molecule is C=CC1(CN(Cc2ncc(-c3ccc4c(c3)C(F)(F)c3cc(-c5ccc6nc(C7C8CCC(C8)N7C(=O)C(C#CCS(C)(=O)=O)NC(=O)OC)[nH]c6c5)ccc3-4)[nH]2)C(=O)C(NC(=O)OC)C(C)C)CC1. The predicted octanol–water partition coefficient (Wildman–Crippen LogP) is 7.24. The number of sulfone groups is 1. The number of nitrogens with one attached hydrogen (secondary N) is 4. The van der Waals surface area contributed by atoms with Crippen LogP contribution in [0.5, 0.6) is 0 Å². The van der Waals surface area contributed by atoms with Gasteiger partial charge in [0, 0.05) is 40.9 Å². The third-order valence-corrected chi connectivity index (χ3v) is 14.7. The minimum atomic E-state index is -3.46. The maximum atomic E-state index is 16.7. The van der Waals surface area contributed by atoms with E-state index in [-0.39, 0.29) is 46.9 Å². The number of carbonyl (C=O) groups is 4. The van der Waals surface area contributed by atoms with Gasteiger partial charge < -0.3 is 34.6 Å². The number of rotatable bonds is 14. The van der Waals surface area contributed by atoms with E-state index in [2.05, 4.69) is 44.0 Å². The molecular weight excluding hydrogens is 923 g/mol. The predicted molar refractivity (Wildman–Crippen MR) is 257 cm³/mol. The minimum Gasteiger partial charge on any atom is -0.453 e. The van der Waals surface area contributed by atoms with Crippen LogP contribution in [0.15, 0.2) is 73.4 Å². The van der Waals surface area contributed by atoms with E-state index in [1.807, 2.05) is 38.1 Å². The quantitative estimate of drug-likeness (QED) is 0.0648. The largest absolute Gasteiger partial charge is 0.453 e. The van der Waals surface area contributed by atoms with Crippen LogP contribution in [0, 0.1) is 29.1 Å². The highest BCUT2D eigenvalue weighted by atomic mass is 32.2. The van der Waals surface area contributed by atoms with Crippen LogP contribution < -0.4 is 10.6 Å². The van der Waals surface area contributed by atoms with Crippen LogP contribution >= 0.6 is 0 Å². The zero-order chi connectivity index (χ0) is 49.9. The van der Waals surface area contributed by atoms with Gasteiger partial charge in [-0.05, 0) is 90.5 Å². The number of amides is 4. The number of halogens is 2. The van der Waals surface area contributed by atoms with Gasteiger partial charge in [-0.15, -0.1) is 6.58 Å². The maximum Gasteiger partial charge on any atom is 0.408 e. The fourth-order valence-electron chi connectivity index (χ4n) is 10.2. The first-order valence-electron chi connectivity index (χ1n) is 23.1. The number of piperidine rings is 1. The Hall–Kier alpha value is -7.07. The molecule has 366 valence electrons. The van der Waals surface area contributed by atoms with Gasteiger partial charge in [-0.25, -0.2) is 28.0 Å². The summed E-state index contributed by atoms with van der Waals surface area (Å²) in [6, 6.07) is 12.6. The van der Waals surface area contributed by atoms with Gasteiger partial charge >= 0.3 is 12.2 Å². The lowest BCUT2D eigenvalue weighted by atomic mass is 9.97. The summed E-state index contributed by atoms with van der Waals surface area (Å²) in [7, 11) is -1.07. The molecule has 0 radical (unpaired) electrons. The van der Waals surface area contributed by atoms with Crippen molar-refractivity contribution in [3.05, 3.63) is 96.2 Å². The van der Waals surface area contributed by atoms with Gasteiger partial charge in [0.15, 0.2) is 15.9 Å². The average Bonchev–Trinajstić information content (AvgIpc) is 3.84. The van der Waals surface area contributed by atoms with E-state index in [4.69, 9.17) is 14.5 Å². The first-order chi connectivity index (χ1) is 33.3. The molecule has 9 rings (SSSR count). The number of methoxy groups -OCH3 is 2. The number of nitrogens with zero attached hydrogens (tertiary/aromatic N) is 4. The molecular formula is C51H54F2N8O8S. The zero-order valence-corrected chi connectivity index (χ0v) is 40.2. The smallest absolute Gasteiger partial charge is 0.408 e. The van der Waals surface area contributed by atoms with Crippen LogP contribution in [0.2, 0.25) is 0 Å². The number of likely N-dealkylation sites (tertiary alicyclic amines) is 1. The molecule has 3 aromatic carbocycles. The first-order valence-corrected chi connectivity index (χ1v) is 25.2. The molecule has 19 heteroatoms. The maximum absolute atomic E-state index is 16.7. The molecule has 4 amide bonds. The monoisotopic (exact) mass is 976 g/mol. The van der Waals surface area contributed by atoms with Gasteiger partial charge in [0.25, 0.3) is 11.8 Å². The van der Waals surface area contributed by atoms with Crippen LogP contribution in [-0.2, 0) is 41.4 Å². The molecule has 5 aromatic rings. The number of alkyl carbamates (subject to hydrolysis) is 2. The summed E-state index contributed by atoms with van der Waals surface area (Å²) in [5.41, 5.74) is 3.77. The van der Waals surface area contributed by atoms with Gasteiger partial charge in [0.1, 0.15) is 23.4 Å². The summed E-state index contributed by atoms with van der Waals surface area (Å²) in [6.45, 7) is 8.11. The Morgan fingerprint density at radius 2 is 1.61 bits per heavy atom. The highest BCUT2D eigenvalue weighted by Crippen LogP contribution is 2.53. The summed E-state index contributed by atoms with van der Waals surface area (Å²) in [6.07, 6.45) is 6.90. The molecule has 70 heavy (non-hydrogen) atoms. The molecule has 1 aliphatic heterocycles. The molecule has 5 unspecified atom stereocenters. The molecule has 3 fully saturated rings. The molecule has 5 atom stereocenters. The van der Waals surface area contributed by atoms with E-state index >= 15 is 8.78 Å². The topological polar surface area (TPSA) is 209 Å². The van der Waals surface area contributed by atoms with Crippen LogP contribution in [-0.4, -0.2) is 113 Å². The van der Waals surface area contributed by atoms with Crippen LogP contribution in [0.25, 0.3) is 44.5 Å². The van der Waals surface area contributed by atoms with Crippen molar-refractivity contribution in [2.75, 3.05) is 32.8 Å². The standard InChI is InChI=1S/C51H54F2N8O8S/c1-7-50(18-19-50)27-60(47(63)43(28(2)3)59-49(65)69-5)26-42-54-25-41(55-42)31-12-16-35-34-15-11-29(22-36(34)51(52,53)37(35)23-31)30-13-17-38-40(24-30)57-45(56-38)44-32-10-14-33(21-32)61(44)46(62)39(58-48(64)68-4)9-8-20-70(6,66)67/h7,11-13,15-17,22-25,28,32-33,39,43-44H,1,10,14,18-21,26-27H2,2-6H3,(H,54,55)(H,56,57)(H,58,64)(H,59,65). The first kappa shape index (κ1) is 48.0. The van der Waals surface area contributed by atoms with Gasteiger partial charge in [-0.2, -0.15) is 8.78 Å². The van der Waals surface area contributed by atoms with Crippen molar-refractivity contribution in [2.45, 2.75) is 82.6 Å². The van der Waals surface area contributed by atoms with E-state index in [1.54, 1.807) is 40.3 Å². The second-order valence-corrected chi connectivity index (χ2v) is 21.3. The average molecular weight is 977 g/mol. The van der Waals surface area contributed by atoms with E-state index in [0.717, 1.165) is 39.0 Å². The Kier molecular flexibility index (Phi) is 12.6. The molecule has 2 saturated carbocycles. The van der Waals surface area contributed by atoms with Crippen molar-refractivity contribution >= 4 is 44.9 Å². The highest BCUT2D eigenvalue weighted by Gasteiger charge is 2.51. The van der Waals surface area contributed by atoms with Crippen LogP contribution in [0.3, 0.4) is 0 Å². The van der Waals surface area contributed by atoms with E-state index in [9.17, 15) is 27.6 Å². The number of hydrogen-bond acceptors (Lipinski definition) is 10. The number of fused-ring (bicyclic) bond motifs is 6. The number of aromatic amines is 2. The van der Waals surface area contributed by atoms with Crippen molar-refractivity contribution in [3.8, 4) is 45.4 Å². The van der Waals surface area contributed by atoms with Crippen molar-refractivity contribution < 1.29 is 45.9 Å². The summed E-state index contributed by atoms with van der Waals surface area (Å²) >= 11 is 0. The number of hydrogen-bond donors (Lipinski definition) is 4. The Morgan fingerprint density at radius 3 is 2.27 bits per heavy atom. The third kappa shape index (κ3) is 9.24. The van der Waals surface area contributed by atoms with Crippen molar-refractivity contribution in [1.82, 2.24) is 40.4 Å². The molecule has 16 nitrogen and oxygen atoms in total. The van der Waals surface area contributed by atoms with Crippen molar-refractivity contribution in [1.29, 1.82) is 0 Å². The number of aromatic nitrogens is 4. The Bertz CT molecular complexity index is 3120. The normalized spacial score (nSPS) is 19.9. The van der Waals surface area contributed by atoms with Gasteiger partial charge in [-0.1, -0.05) is 62.1 Å². The number of imidazole rings is 2. The Balaban J connectivity index is 0.947. The summed E-state index contributed by atoms with van der Waals surface area (Å²) in [5.74, 6) is 1.30. The summed E-state index contributed by atoms with van der Waals surface area (Å²) in [5, 5.41) is 5.11. The molecule has 3 aliphatic carbocycles. The fraction of sp³-hybridized carbons (Fsp3) is 0.412. The highest BCUT2D eigenvalue weighted by molar-refractivity contribution is 7.90. The Labute approximate surface area is 403 Å². The third-order valence-electron chi connectivity index (χ3n) is 14.0. The van der Waals surface area contributed by atoms with E-state index < -0.39 is 57.7 Å². The molecule has 1 saturated heterocycles. The molecule has 3 heterocycles. The number of H-pyrrole nitrogens is 2. The van der Waals surface area contributed by atoms with E-state index in [0.29, 0.717) is 69.2 Å². The Morgan fingerprint density at radius 1 is 0.957 bits per heavy atom. The second kappa shape index (κ2) is 18.4. The van der Waals surface area contributed by atoms with Crippen molar-refractivity contribution in [3.63, 3.8) is 0 Å². The van der Waals surface area contributed by atoms with Gasteiger partial charge in [0.2, 0.25) is 5.91 Å². The number of alkyl halides is 2. The number of carbonyl (C=O) groups excluding carboxylic acids is 4. The van der Waals surface area contributed by atoms with Crippen LogP contribution in [0.4, 0.5) is 18.4 Å². The van der Waals surface area contributed by atoms with Crippen LogP contribution in [0.1, 0.15) is 74.8 Å². The zero-order valence-electron chi connectivity index (χ0n) is 39.4. The lowest BCUT2D eigenvalue weighted by molar-refractivity contribution is -0.137. The molecule has 4 N–H and O–H groups in total. The van der Waals surface area contributed by atoms with Crippen molar-refractivity contribution in [2.24, 2.45) is 17.3 Å². The molecule has 4 aliphatic rings. The summed E-state index contributed by atoms with van der Waals surface area (Å²) < 4.78 is 66.4. The fourth-order valence-corrected chi connectivity index (χ4v) is 10.5. The van der Waals surface area contributed by atoms with E-state index in [1.165, 1.54) is 19.2 Å². The van der Waals surface area contributed by atoms with Gasteiger partial charge in [-0.3, -0.25) is 14.9 Å². The lowest BCUT2D eigenvalue weighted by Crippen LogP contribution is -2.52. The second-order valence-electron chi connectivity index (χ2n) is 19.2. The van der Waals surface area contributed by atoms with Gasteiger partial charge in [0.05, 0.1) is 49.7 Å². The molecule has 0 spiro atoms. The molecule has 2 bridgehead atoms. The number of ether oxygens (including phenoxy) is 2. The molecule has 2 aromatic heterocycles. The summed E-state index contributed by atoms with van der Waals surface area (Å²) in [4.78, 5) is 72.0.